The molecule has 0 radical (unpaired) electrons. The maximum atomic E-state index is 13.0. The smallest absolute Gasteiger partial charge is 0.295 e. The highest BCUT2D eigenvalue weighted by Gasteiger charge is 2.47. The molecule has 1 aliphatic heterocycles. The van der Waals surface area contributed by atoms with E-state index in [9.17, 15) is 14.7 Å². The number of hydrogen-bond acceptors (Lipinski definition) is 6. The van der Waals surface area contributed by atoms with Crippen molar-refractivity contribution in [1.29, 1.82) is 0 Å². The monoisotopic (exact) mass is 427 g/mol. The highest BCUT2D eigenvalue weighted by Crippen LogP contribution is 2.40. The van der Waals surface area contributed by atoms with Crippen LogP contribution in [-0.4, -0.2) is 47.1 Å². The molecule has 1 N–H and O–H groups in total. The number of carbonyl (C=O) groups is 2. The molecule has 0 aliphatic carbocycles. The summed E-state index contributed by atoms with van der Waals surface area (Å²) in [6.07, 6.45) is -0.0557. The molecule has 7 nitrogen and oxygen atoms in total. The second kappa shape index (κ2) is 9.39. The molecule has 0 bridgehead atoms. The lowest BCUT2D eigenvalue weighted by Gasteiger charge is -2.23. The first-order chi connectivity index (χ1) is 14.7. The molecule has 2 aromatic rings. The van der Waals surface area contributed by atoms with Crippen LogP contribution >= 0.6 is 0 Å². The van der Waals surface area contributed by atoms with Crippen molar-refractivity contribution in [2.75, 3.05) is 13.2 Å². The Morgan fingerprint density at radius 1 is 1.13 bits per heavy atom. The van der Waals surface area contributed by atoms with Crippen LogP contribution in [0.4, 0.5) is 0 Å². The molecule has 1 aromatic carbocycles. The van der Waals surface area contributed by atoms with E-state index in [0.717, 1.165) is 0 Å². The predicted octanol–water partition coefficient (Wildman–Crippen LogP) is 4.22. The number of carbonyl (C=O) groups excluding carboxylic acids is 2. The van der Waals surface area contributed by atoms with Crippen LogP contribution in [-0.2, 0) is 14.3 Å². The summed E-state index contributed by atoms with van der Waals surface area (Å²) in [5, 5.41) is 11.1. The normalized spacial score (nSPS) is 18.4. The van der Waals surface area contributed by atoms with Gasteiger partial charge in [-0.2, -0.15) is 0 Å². The molecule has 0 spiro atoms. The van der Waals surface area contributed by atoms with E-state index >= 15 is 0 Å². The summed E-state index contributed by atoms with van der Waals surface area (Å²) in [6, 6.07) is 9.46. The molecule has 1 amide bonds. The number of benzene rings is 1. The zero-order valence-electron chi connectivity index (χ0n) is 18.5. The van der Waals surface area contributed by atoms with Gasteiger partial charge in [0.05, 0.1) is 24.4 Å². The number of nitrogens with zero attached hydrogens (tertiary/aromatic N) is 1. The number of rotatable bonds is 8. The van der Waals surface area contributed by atoms with E-state index < -0.39 is 17.7 Å². The molecular formula is C24H29NO6. The van der Waals surface area contributed by atoms with Crippen LogP contribution in [0.5, 0.6) is 5.75 Å². The summed E-state index contributed by atoms with van der Waals surface area (Å²) in [7, 11) is 0. The van der Waals surface area contributed by atoms with E-state index in [1.807, 2.05) is 27.7 Å². The number of aliphatic hydroxyl groups is 1. The number of furan rings is 1. The van der Waals surface area contributed by atoms with Crippen molar-refractivity contribution in [3.05, 3.63) is 59.1 Å². The Kier molecular flexibility index (Phi) is 6.85. The lowest BCUT2D eigenvalue weighted by Crippen LogP contribution is -2.33. The molecule has 3 rings (SSSR count). The van der Waals surface area contributed by atoms with Gasteiger partial charge in [0.2, 0.25) is 0 Å². The zero-order chi connectivity index (χ0) is 22.7. The van der Waals surface area contributed by atoms with Gasteiger partial charge in [-0.15, -0.1) is 0 Å². The molecular weight excluding hydrogens is 398 g/mol. The topological polar surface area (TPSA) is 89.2 Å². The van der Waals surface area contributed by atoms with E-state index in [2.05, 4.69) is 0 Å². The Morgan fingerprint density at radius 2 is 1.87 bits per heavy atom. The van der Waals surface area contributed by atoms with Gasteiger partial charge in [0.15, 0.2) is 0 Å². The van der Waals surface area contributed by atoms with E-state index in [1.165, 1.54) is 4.90 Å². The number of ether oxygens (including phenoxy) is 2. The second-order valence-electron chi connectivity index (χ2n) is 8.05. The average Bonchev–Trinajstić information content (AvgIpc) is 3.23. The third-order valence-electron chi connectivity index (χ3n) is 4.83. The maximum absolute atomic E-state index is 13.0. The van der Waals surface area contributed by atoms with Crippen molar-refractivity contribution in [2.24, 2.45) is 0 Å². The molecule has 2 heterocycles. The Bertz CT molecular complexity index is 987. The van der Waals surface area contributed by atoms with E-state index in [-0.39, 0.29) is 36.7 Å². The minimum absolute atomic E-state index is 0.00871. The van der Waals surface area contributed by atoms with E-state index in [1.54, 1.807) is 43.3 Å². The first kappa shape index (κ1) is 22.6. The van der Waals surface area contributed by atoms with Crippen molar-refractivity contribution >= 4 is 17.4 Å². The zero-order valence-corrected chi connectivity index (χ0v) is 18.5. The minimum Gasteiger partial charge on any atom is -0.507 e. The fourth-order valence-electron chi connectivity index (χ4n) is 3.54. The first-order valence-electron chi connectivity index (χ1n) is 10.4. The summed E-state index contributed by atoms with van der Waals surface area (Å²) in [4.78, 5) is 27.2. The first-order valence-corrected chi connectivity index (χ1v) is 10.4. The highest BCUT2D eigenvalue weighted by molar-refractivity contribution is 6.46. The Hall–Kier alpha value is -3.06. The molecule has 166 valence electrons. The van der Waals surface area contributed by atoms with E-state index in [0.29, 0.717) is 22.8 Å². The minimum atomic E-state index is -0.834. The molecule has 1 aromatic heterocycles. The summed E-state index contributed by atoms with van der Waals surface area (Å²) in [6.45, 7) is 9.83. The predicted molar refractivity (Wildman–Crippen MR) is 116 cm³/mol. The fraction of sp³-hybridized carbons (Fsp3) is 0.417. The van der Waals surface area contributed by atoms with Crippen LogP contribution in [0.15, 0.2) is 46.4 Å². The second-order valence-corrected chi connectivity index (χ2v) is 8.05. The van der Waals surface area contributed by atoms with Crippen molar-refractivity contribution in [3.8, 4) is 5.75 Å². The van der Waals surface area contributed by atoms with Gasteiger partial charge in [-0.1, -0.05) is 12.1 Å². The van der Waals surface area contributed by atoms with E-state index in [4.69, 9.17) is 13.9 Å². The van der Waals surface area contributed by atoms with Crippen molar-refractivity contribution < 1.29 is 28.6 Å². The molecule has 1 unspecified atom stereocenters. The molecule has 0 saturated carbocycles. The van der Waals surface area contributed by atoms with Crippen LogP contribution in [0.1, 0.15) is 50.8 Å². The van der Waals surface area contributed by atoms with Crippen molar-refractivity contribution in [1.82, 2.24) is 4.90 Å². The molecule has 31 heavy (non-hydrogen) atoms. The van der Waals surface area contributed by atoms with Gasteiger partial charge in [0, 0.05) is 12.1 Å². The number of amides is 1. The summed E-state index contributed by atoms with van der Waals surface area (Å²) in [5.74, 6) is -0.0922. The third kappa shape index (κ3) is 4.99. The van der Waals surface area contributed by atoms with Gasteiger partial charge in [0.1, 0.15) is 29.1 Å². The number of ketones is 1. The summed E-state index contributed by atoms with van der Waals surface area (Å²) < 4.78 is 17.0. The van der Waals surface area contributed by atoms with Crippen LogP contribution in [0.2, 0.25) is 0 Å². The van der Waals surface area contributed by atoms with Crippen LogP contribution < -0.4 is 4.74 Å². The average molecular weight is 427 g/mol. The number of aliphatic hydroxyl groups excluding tert-OH is 1. The quantitative estimate of drug-likeness (QED) is 0.385. The number of aryl methyl sites for hydroxylation is 1. The highest BCUT2D eigenvalue weighted by atomic mass is 16.5. The van der Waals surface area contributed by atoms with Gasteiger partial charge in [-0.3, -0.25) is 9.59 Å². The third-order valence-corrected chi connectivity index (χ3v) is 4.83. The van der Waals surface area contributed by atoms with Crippen LogP contribution in [0, 0.1) is 6.92 Å². The molecule has 1 atom stereocenters. The Balaban J connectivity index is 2.05. The van der Waals surface area contributed by atoms with Gasteiger partial charge in [0.25, 0.3) is 11.7 Å². The Morgan fingerprint density at radius 3 is 2.48 bits per heavy atom. The number of hydrogen-bond donors (Lipinski definition) is 1. The SMILES string of the molecule is Cc1ccc(C2/C(=C(/O)c3cccc(OC(C)C)c3)C(=O)C(=O)N2CCOC(C)C)o1. The standard InChI is InChI=1S/C24H29NO6/c1-14(2)29-12-11-25-21(19-10-9-16(5)31-19)20(23(27)24(25)28)22(26)17-7-6-8-18(13-17)30-15(3)4/h6-10,13-15,21,26H,11-12H2,1-5H3/b22-20-. The lowest BCUT2D eigenvalue weighted by molar-refractivity contribution is -0.140. The Labute approximate surface area is 182 Å². The lowest BCUT2D eigenvalue weighted by atomic mass is 9.99. The van der Waals surface area contributed by atoms with Crippen LogP contribution in [0.3, 0.4) is 0 Å². The van der Waals surface area contributed by atoms with Gasteiger partial charge < -0.3 is 23.9 Å². The van der Waals surface area contributed by atoms with Gasteiger partial charge in [-0.05, 0) is 58.9 Å². The van der Waals surface area contributed by atoms with Gasteiger partial charge in [-0.25, -0.2) is 0 Å². The number of Topliss-reactive ketones (excluding diaryl/α,β-unsaturated/α-hetero) is 1. The summed E-state index contributed by atoms with van der Waals surface area (Å²) >= 11 is 0. The summed E-state index contributed by atoms with van der Waals surface area (Å²) in [5.41, 5.74) is 0.383. The molecule has 1 saturated heterocycles. The largest absolute Gasteiger partial charge is 0.507 e. The van der Waals surface area contributed by atoms with Crippen molar-refractivity contribution in [2.45, 2.75) is 52.9 Å². The maximum Gasteiger partial charge on any atom is 0.295 e. The number of likely N-dealkylation sites (tertiary alicyclic amines) is 1. The molecule has 1 fully saturated rings. The van der Waals surface area contributed by atoms with Crippen LogP contribution in [0.25, 0.3) is 5.76 Å². The van der Waals surface area contributed by atoms with Gasteiger partial charge >= 0.3 is 0 Å². The van der Waals surface area contributed by atoms with Crippen molar-refractivity contribution in [3.63, 3.8) is 0 Å². The molecule has 1 aliphatic rings. The fourth-order valence-corrected chi connectivity index (χ4v) is 3.54. The molecule has 7 heteroatoms.